The van der Waals surface area contributed by atoms with Crippen molar-refractivity contribution in [2.45, 2.75) is 13.8 Å². The first-order valence-corrected chi connectivity index (χ1v) is 6.60. The lowest BCUT2D eigenvalue weighted by Gasteiger charge is -2.09. The Labute approximate surface area is 119 Å². The van der Waals surface area contributed by atoms with Crippen molar-refractivity contribution in [3.63, 3.8) is 0 Å². The van der Waals surface area contributed by atoms with Crippen LogP contribution in [0.25, 0.3) is 0 Å². The number of aryl methyl sites for hydroxylation is 2. The van der Waals surface area contributed by atoms with Crippen LogP contribution in [0.4, 0.5) is 10.1 Å². The smallest absolute Gasteiger partial charge is 0.255 e. The quantitative estimate of drug-likeness (QED) is 0.869. The normalized spacial score (nSPS) is 10.3. The third kappa shape index (κ3) is 3.41. The van der Waals surface area contributed by atoms with E-state index in [0.717, 1.165) is 11.1 Å². The molecule has 0 radical (unpaired) electrons. The minimum absolute atomic E-state index is 0.252. The van der Waals surface area contributed by atoms with Crippen LogP contribution in [0.3, 0.4) is 0 Å². The third-order valence-corrected chi connectivity index (χ3v) is 3.35. The Morgan fingerprint density at radius 1 is 1.11 bits per heavy atom. The summed E-state index contributed by atoms with van der Waals surface area (Å²) in [5.74, 6) is -0.642. The van der Waals surface area contributed by atoms with Gasteiger partial charge in [0.2, 0.25) is 0 Å². The van der Waals surface area contributed by atoms with Gasteiger partial charge < -0.3 is 5.32 Å². The number of nitrogens with one attached hydrogen (secondary N) is 1. The van der Waals surface area contributed by atoms with Gasteiger partial charge >= 0.3 is 0 Å². The van der Waals surface area contributed by atoms with Crippen LogP contribution in [0, 0.1) is 19.7 Å². The number of carbonyl (C=O) groups excluding carboxylic acids is 1. The molecular weight excluding hydrogens is 309 g/mol. The Balaban J connectivity index is 2.28. The zero-order valence-electron chi connectivity index (χ0n) is 10.6. The summed E-state index contributed by atoms with van der Waals surface area (Å²) in [4.78, 5) is 12.1. The van der Waals surface area contributed by atoms with E-state index in [9.17, 15) is 9.18 Å². The number of anilines is 1. The summed E-state index contributed by atoms with van der Waals surface area (Å²) < 4.78 is 13.8. The number of hydrogen-bond donors (Lipinski definition) is 1. The van der Waals surface area contributed by atoms with Gasteiger partial charge in [0.25, 0.3) is 5.91 Å². The monoisotopic (exact) mass is 321 g/mol. The second kappa shape index (κ2) is 5.53. The minimum atomic E-state index is -0.390. The molecule has 19 heavy (non-hydrogen) atoms. The molecule has 0 fully saturated rings. The van der Waals surface area contributed by atoms with Crippen LogP contribution in [0.15, 0.2) is 40.9 Å². The van der Waals surface area contributed by atoms with Crippen molar-refractivity contribution < 1.29 is 9.18 Å². The fourth-order valence-electron chi connectivity index (χ4n) is 1.89. The topological polar surface area (TPSA) is 29.1 Å². The van der Waals surface area contributed by atoms with Gasteiger partial charge in [0.15, 0.2) is 0 Å². The van der Waals surface area contributed by atoms with Crippen molar-refractivity contribution >= 4 is 27.5 Å². The van der Waals surface area contributed by atoms with E-state index in [1.807, 2.05) is 19.9 Å². The molecule has 0 saturated heterocycles. The SMILES string of the molecule is Cc1cc(C)cc(C(=O)Nc2cc(F)ccc2Br)c1. The lowest BCUT2D eigenvalue weighted by Crippen LogP contribution is -2.13. The highest BCUT2D eigenvalue weighted by Crippen LogP contribution is 2.23. The molecule has 0 aliphatic rings. The highest BCUT2D eigenvalue weighted by atomic mass is 79.9. The summed E-state index contributed by atoms with van der Waals surface area (Å²) in [6.45, 7) is 3.86. The first-order valence-electron chi connectivity index (χ1n) is 5.80. The number of amides is 1. The van der Waals surface area contributed by atoms with Crippen LogP contribution in [0.2, 0.25) is 0 Å². The van der Waals surface area contributed by atoms with E-state index < -0.39 is 0 Å². The molecule has 0 aromatic heterocycles. The van der Waals surface area contributed by atoms with Crippen molar-refractivity contribution in [3.8, 4) is 0 Å². The van der Waals surface area contributed by atoms with E-state index in [1.54, 1.807) is 18.2 Å². The molecule has 0 aliphatic heterocycles. The molecule has 2 aromatic carbocycles. The van der Waals surface area contributed by atoms with Gasteiger partial charge in [-0.1, -0.05) is 17.2 Å². The van der Waals surface area contributed by atoms with Gasteiger partial charge in [0, 0.05) is 10.0 Å². The van der Waals surface area contributed by atoms with Gasteiger partial charge in [-0.2, -0.15) is 0 Å². The lowest BCUT2D eigenvalue weighted by atomic mass is 10.1. The number of benzene rings is 2. The summed E-state index contributed by atoms with van der Waals surface area (Å²) in [6.07, 6.45) is 0. The van der Waals surface area contributed by atoms with Crippen molar-refractivity contribution in [1.29, 1.82) is 0 Å². The Hall–Kier alpha value is -1.68. The van der Waals surface area contributed by atoms with Crippen LogP contribution in [-0.2, 0) is 0 Å². The number of hydrogen-bond acceptors (Lipinski definition) is 1. The average molecular weight is 322 g/mol. The van der Waals surface area contributed by atoms with E-state index in [1.165, 1.54) is 12.1 Å². The van der Waals surface area contributed by atoms with Crippen LogP contribution in [0.1, 0.15) is 21.5 Å². The number of rotatable bonds is 2. The first kappa shape index (κ1) is 13.7. The zero-order chi connectivity index (χ0) is 14.0. The van der Waals surface area contributed by atoms with E-state index in [2.05, 4.69) is 21.2 Å². The second-order valence-electron chi connectivity index (χ2n) is 4.45. The van der Waals surface area contributed by atoms with Gasteiger partial charge in [-0.15, -0.1) is 0 Å². The summed E-state index contributed by atoms with van der Waals surface area (Å²) in [6, 6.07) is 9.77. The van der Waals surface area contributed by atoms with E-state index in [-0.39, 0.29) is 11.7 Å². The molecule has 1 amide bonds. The third-order valence-electron chi connectivity index (χ3n) is 2.66. The van der Waals surface area contributed by atoms with Crippen LogP contribution in [0.5, 0.6) is 0 Å². The maximum atomic E-state index is 13.2. The van der Waals surface area contributed by atoms with Crippen molar-refractivity contribution in [2.75, 3.05) is 5.32 Å². The standard InChI is InChI=1S/C15H13BrFNO/c1-9-5-10(2)7-11(6-9)15(19)18-14-8-12(17)3-4-13(14)16/h3-8H,1-2H3,(H,18,19). The summed E-state index contributed by atoms with van der Waals surface area (Å²) >= 11 is 3.28. The molecule has 0 unspecified atom stereocenters. The molecule has 0 aliphatic carbocycles. The summed E-state index contributed by atoms with van der Waals surface area (Å²) in [7, 11) is 0. The number of halogens is 2. The maximum Gasteiger partial charge on any atom is 0.255 e. The highest BCUT2D eigenvalue weighted by molar-refractivity contribution is 9.10. The summed E-state index contributed by atoms with van der Waals surface area (Å²) in [5.41, 5.74) is 3.02. The molecule has 0 bridgehead atoms. The molecule has 0 saturated carbocycles. The lowest BCUT2D eigenvalue weighted by molar-refractivity contribution is 0.102. The van der Waals surface area contributed by atoms with Gasteiger partial charge in [0.05, 0.1) is 5.69 Å². The van der Waals surface area contributed by atoms with Crippen molar-refractivity contribution in [1.82, 2.24) is 0 Å². The molecule has 4 heteroatoms. The van der Waals surface area contributed by atoms with E-state index in [4.69, 9.17) is 0 Å². The average Bonchev–Trinajstić information content (AvgIpc) is 2.32. The molecule has 2 rings (SSSR count). The van der Waals surface area contributed by atoms with Crippen molar-refractivity contribution in [2.24, 2.45) is 0 Å². The molecule has 1 N–H and O–H groups in total. The predicted molar refractivity (Wildman–Crippen MR) is 78.0 cm³/mol. The fourth-order valence-corrected chi connectivity index (χ4v) is 2.24. The molecule has 2 aromatic rings. The van der Waals surface area contributed by atoms with E-state index in [0.29, 0.717) is 15.7 Å². The Morgan fingerprint density at radius 3 is 2.37 bits per heavy atom. The number of carbonyl (C=O) groups is 1. The predicted octanol–water partition coefficient (Wildman–Crippen LogP) is 4.46. The van der Waals surface area contributed by atoms with E-state index >= 15 is 0 Å². The van der Waals surface area contributed by atoms with Crippen molar-refractivity contribution in [3.05, 3.63) is 63.4 Å². The molecule has 2 nitrogen and oxygen atoms in total. The fraction of sp³-hybridized carbons (Fsp3) is 0.133. The molecule has 0 atom stereocenters. The van der Waals surface area contributed by atoms with Crippen LogP contribution < -0.4 is 5.32 Å². The van der Waals surface area contributed by atoms with Gasteiger partial charge in [0.1, 0.15) is 5.82 Å². The Morgan fingerprint density at radius 2 is 1.74 bits per heavy atom. The highest BCUT2D eigenvalue weighted by Gasteiger charge is 2.10. The zero-order valence-corrected chi connectivity index (χ0v) is 12.2. The first-order chi connectivity index (χ1) is 8.95. The Bertz CT molecular complexity index is 620. The van der Waals surface area contributed by atoms with Crippen LogP contribution >= 0.6 is 15.9 Å². The molecule has 0 heterocycles. The molecule has 0 spiro atoms. The Kier molecular flexibility index (Phi) is 4.00. The summed E-state index contributed by atoms with van der Waals surface area (Å²) in [5, 5.41) is 2.70. The van der Waals surface area contributed by atoms with Gasteiger partial charge in [-0.25, -0.2) is 4.39 Å². The second-order valence-corrected chi connectivity index (χ2v) is 5.31. The van der Waals surface area contributed by atoms with Gasteiger partial charge in [-0.05, 0) is 60.1 Å². The van der Waals surface area contributed by atoms with Crippen LogP contribution in [-0.4, -0.2) is 5.91 Å². The maximum absolute atomic E-state index is 13.2. The molecular formula is C15H13BrFNO. The largest absolute Gasteiger partial charge is 0.321 e. The minimum Gasteiger partial charge on any atom is -0.321 e. The molecule has 98 valence electrons. The van der Waals surface area contributed by atoms with Gasteiger partial charge in [-0.3, -0.25) is 4.79 Å².